The monoisotopic (exact) mass is 438 g/mol. The molecule has 0 aliphatic carbocycles. The van der Waals surface area contributed by atoms with Crippen molar-refractivity contribution in [3.8, 4) is 6.07 Å². The maximum Gasteiger partial charge on any atom is 0.207 e. The Kier molecular flexibility index (Phi) is 6.02. The highest BCUT2D eigenvalue weighted by Gasteiger charge is 2.35. The molecule has 0 spiro atoms. The van der Waals surface area contributed by atoms with Gasteiger partial charge < -0.3 is 0 Å². The molecule has 0 aromatic heterocycles. The summed E-state index contributed by atoms with van der Waals surface area (Å²) in [5.74, 6) is 0. The van der Waals surface area contributed by atoms with E-state index in [-0.39, 0.29) is 0 Å². The zero-order valence-corrected chi connectivity index (χ0v) is 19.8. The van der Waals surface area contributed by atoms with Crippen LogP contribution in [0, 0.1) is 39.0 Å². The second-order valence-electron chi connectivity index (χ2n) is 8.39. The number of nitrogens with one attached hydrogen (secondary N) is 1. The number of fused-ring (bicyclic) bond motifs is 1. The second kappa shape index (κ2) is 8.75. The fourth-order valence-corrected chi connectivity index (χ4v) is 7.93. The summed E-state index contributed by atoms with van der Waals surface area (Å²) in [4.78, 5) is 0. The average molecular weight is 439 g/mol. The molecule has 0 aliphatic heterocycles. The summed E-state index contributed by atoms with van der Waals surface area (Å²) in [6.07, 6.45) is 0. The van der Waals surface area contributed by atoms with E-state index in [9.17, 15) is 5.26 Å². The van der Waals surface area contributed by atoms with Crippen molar-refractivity contribution >= 4 is 28.7 Å². The van der Waals surface area contributed by atoms with Gasteiger partial charge in [-0.05, 0) is 72.4 Å². The molecule has 4 aromatic rings. The van der Waals surface area contributed by atoms with E-state index in [4.69, 9.17) is 0 Å². The maximum absolute atomic E-state index is 15.0. The van der Waals surface area contributed by atoms with E-state index in [1.165, 1.54) is 0 Å². The number of hydrogen-bond donors (Lipinski definition) is 1. The number of nitriles is 1. The predicted octanol–water partition coefficient (Wildman–Crippen LogP) is 6.16. The van der Waals surface area contributed by atoms with E-state index < -0.39 is 13.3 Å². The first-order valence-electron chi connectivity index (χ1n) is 10.7. The first-order valence-corrected chi connectivity index (χ1v) is 12.5. The molecule has 4 heteroatoms. The molecule has 0 heterocycles. The summed E-state index contributed by atoms with van der Waals surface area (Å²) in [6.45, 7) is 7.95. The summed E-state index contributed by atoms with van der Waals surface area (Å²) in [5.41, 5.74) is 4.64. The van der Waals surface area contributed by atoms with Crippen LogP contribution in [0.15, 0.2) is 78.9 Å². The molecule has 160 valence electrons. The highest BCUT2D eigenvalue weighted by Crippen LogP contribution is 2.45. The minimum Gasteiger partial charge on any atom is -0.296 e. The third-order valence-corrected chi connectivity index (χ3v) is 9.35. The first-order chi connectivity index (χ1) is 15.3. The SMILES string of the molecule is Cc1cccc(C)c1P(=O)(N[C@@H](C#N)c1ccc2ccccc2c1)c1c(C)cccc1C. The summed E-state index contributed by atoms with van der Waals surface area (Å²) in [7, 11) is -3.35. The van der Waals surface area contributed by atoms with Crippen LogP contribution in [0.2, 0.25) is 0 Å². The van der Waals surface area contributed by atoms with Gasteiger partial charge in [-0.3, -0.25) is 4.57 Å². The van der Waals surface area contributed by atoms with Crippen molar-refractivity contribution in [3.05, 3.63) is 107 Å². The molecule has 0 saturated heterocycles. The van der Waals surface area contributed by atoms with Gasteiger partial charge in [0.2, 0.25) is 7.29 Å². The Hall–Kier alpha value is -3.18. The quantitative estimate of drug-likeness (QED) is 0.380. The van der Waals surface area contributed by atoms with Crippen LogP contribution in [0.25, 0.3) is 10.8 Å². The van der Waals surface area contributed by atoms with Crippen LogP contribution in [0.1, 0.15) is 33.9 Å². The van der Waals surface area contributed by atoms with E-state index >= 15 is 4.57 Å². The van der Waals surface area contributed by atoms with Gasteiger partial charge in [0.05, 0.1) is 6.07 Å². The van der Waals surface area contributed by atoms with Crippen molar-refractivity contribution in [2.45, 2.75) is 33.7 Å². The Bertz CT molecular complexity index is 1300. The summed E-state index contributed by atoms with van der Waals surface area (Å²) >= 11 is 0. The molecule has 0 radical (unpaired) electrons. The summed E-state index contributed by atoms with van der Waals surface area (Å²) < 4.78 is 15.0. The third-order valence-electron chi connectivity index (χ3n) is 6.06. The van der Waals surface area contributed by atoms with Crippen LogP contribution < -0.4 is 15.7 Å². The molecule has 0 saturated carbocycles. The van der Waals surface area contributed by atoms with Crippen molar-refractivity contribution in [2.75, 3.05) is 0 Å². The van der Waals surface area contributed by atoms with Gasteiger partial charge in [-0.25, -0.2) is 5.09 Å². The minimum absolute atomic E-state index is 0.719. The van der Waals surface area contributed by atoms with Gasteiger partial charge in [-0.2, -0.15) is 5.26 Å². The van der Waals surface area contributed by atoms with Gasteiger partial charge in [0, 0.05) is 10.6 Å². The van der Waals surface area contributed by atoms with E-state index in [0.29, 0.717) is 0 Å². The molecular formula is C28H27N2OP. The van der Waals surface area contributed by atoms with E-state index in [2.05, 4.69) is 11.2 Å². The Morgan fingerprint density at radius 2 is 1.22 bits per heavy atom. The Labute approximate surface area is 190 Å². The number of aryl methyl sites for hydroxylation is 4. The van der Waals surface area contributed by atoms with Crippen LogP contribution in [0.5, 0.6) is 0 Å². The van der Waals surface area contributed by atoms with Crippen LogP contribution in [0.4, 0.5) is 0 Å². The number of rotatable bonds is 5. The number of benzene rings is 4. The van der Waals surface area contributed by atoms with Crippen molar-refractivity contribution in [3.63, 3.8) is 0 Å². The Balaban J connectivity index is 1.92. The number of hydrogen-bond acceptors (Lipinski definition) is 2. The lowest BCUT2D eigenvalue weighted by Crippen LogP contribution is -2.34. The normalized spacial score (nSPS) is 12.5. The zero-order valence-electron chi connectivity index (χ0n) is 18.9. The molecular weight excluding hydrogens is 411 g/mol. The molecule has 0 unspecified atom stereocenters. The molecule has 1 atom stereocenters. The molecule has 0 amide bonds. The van der Waals surface area contributed by atoms with Crippen molar-refractivity contribution in [1.29, 1.82) is 5.26 Å². The standard InChI is InChI=1S/C28H27N2OP/c1-19-9-7-10-20(2)27(19)32(31,28-21(3)11-8-12-22(28)4)30-26(18-29)25-16-15-23-13-5-6-14-24(23)17-25/h5-17,26H,1-4H3,(H,30,31)/t26-/m0/s1. The molecule has 3 nitrogen and oxygen atoms in total. The average Bonchev–Trinajstić information content (AvgIpc) is 2.77. The largest absolute Gasteiger partial charge is 0.296 e. The van der Waals surface area contributed by atoms with E-state index in [1.54, 1.807) is 0 Å². The van der Waals surface area contributed by atoms with E-state index in [1.807, 2.05) is 107 Å². The molecule has 4 rings (SSSR count). The maximum atomic E-state index is 15.0. The Morgan fingerprint density at radius 1 is 0.719 bits per heavy atom. The van der Waals surface area contributed by atoms with Crippen LogP contribution in [0.3, 0.4) is 0 Å². The first kappa shape index (κ1) is 22.0. The summed E-state index contributed by atoms with van der Waals surface area (Å²) in [6, 6.07) is 27.6. The third kappa shape index (κ3) is 3.89. The van der Waals surface area contributed by atoms with Gasteiger partial charge in [-0.1, -0.05) is 72.8 Å². The molecule has 0 aliphatic rings. The second-order valence-corrected chi connectivity index (χ2v) is 10.8. The van der Waals surface area contributed by atoms with E-state index in [0.717, 1.165) is 49.2 Å². The van der Waals surface area contributed by atoms with Gasteiger partial charge in [0.15, 0.2) is 0 Å². The predicted molar refractivity (Wildman–Crippen MR) is 134 cm³/mol. The van der Waals surface area contributed by atoms with Gasteiger partial charge in [0.25, 0.3) is 0 Å². The van der Waals surface area contributed by atoms with Crippen molar-refractivity contribution in [2.24, 2.45) is 0 Å². The lowest BCUT2D eigenvalue weighted by atomic mass is 10.0. The van der Waals surface area contributed by atoms with Crippen molar-refractivity contribution < 1.29 is 4.57 Å². The lowest BCUT2D eigenvalue weighted by molar-refractivity contribution is 0.573. The van der Waals surface area contributed by atoms with Crippen LogP contribution in [-0.4, -0.2) is 0 Å². The minimum atomic E-state index is -3.35. The highest BCUT2D eigenvalue weighted by atomic mass is 31.2. The van der Waals surface area contributed by atoms with Gasteiger partial charge >= 0.3 is 0 Å². The van der Waals surface area contributed by atoms with Crippen LogP contribution in [-0.2, 0) is 4.57 Å². The van der Waals surface area contributed by atoms with Gasteiger partial charge in [0.1, 0.15) is 6.04 Å². The van der Waals surface area contributed by atoms with Crippen molar-refractivity contribution in [1.82, 2.24) is 5.09 Å². The molecule has 4 aromatic carbocycles. The smallest absolute Gasteiger partial charge is 0.207 e. The zero-order chi connectivity index (χ0) is 22.9. The van der Waals surface area contributed by atoms with Gasteiger partial charge in [-0.15, -0.1) is 0 Å². The molecule has 0 bridgehead atoms. The number of nitrogens with zero attached hydrogens (tertiary/aromatic N) is 1. The topological polar surface area (TPSA) is 52.9 Å². The highest BCUT2D eigenvalue weighted by molar-refractivity contribution is 7.77. The lowest BCUT2D eigenvalue weighted by Gasteiger charge is -2.29. The molecule has 32 heavy (non-hydrogen) atoms. The molecule has 1 N–H and O–H groups in total. The fraction of sp³-hybridized carbons (Fsp3) is 0.179. The van der Waals surface area contributed by atoms with Crippen LogP contribution >= 0.6 is 7.29 Å². The fourth-order valence-electron chi connectivity index (χ4n) is 4.59. The molecule has 0 fully saturated rings. The summed E-state index contributed by atoms with van der Waals surface area (Å²) in [5, 5.41) is 17.3. The Morgan fingerprint density at radius 3 is 1.72 bits per heavy atom.